The first kappa shape index (κ1) is 13.8. The van der Waals surface area contributed by atoms with Crippen molar-refractivity contribution in [3.63, 3.8) is 0 Å². The van der Waals surface area contributed by atoms with Crippen molar-refractivity contribution in [3.8, 4) is 0 Å². The molecule has 0 unspecified atom stereocenters. The lowest BCUT2D eigenvalue weighted by atomic mass is 10.1. The molecule has 0 saturated heterocycles. The van der Waals surface area contributed by atoms with Gasteiger partial charge in [-0.05, 0) is 26.0 Å². The monoisotopic (exact) mass is 237 g/mol. The molecule has 0 amide bonds. The Morgan fingerprint density at radius 2 is 2.00 bits per heavy atom. The Balaban J connectivity index is 2.61. The summed E-state index contributed by atoms with van der Waals surface area (Å²) in [6, 6.07) is 3.75. The number of hydrogen-bond donors (Lipinski definition) is 1. The minimum atomic E-state index is 0.0112. The van der Waals surface area contributed by atoms with Crippen LogP contribution in [0.5, 0.6) is 0 Å². The highest BCUT2D eigenvalue weighted by molar-refractivity contribution is 5.33. The maximum absolute atomic E-state index is 11.6. The van der Waals surface area contributed by atoms with Gasteiger partial charge in [-0.25, -0.2) is 0 Å². The molecule has 0 radical (unpaired) electrons. The first-order valence-corrected chi connectivity index (χ1v) is 6.24. The predicted octanol–water partition coefficient (Wildman–Crippen LogP) is 1.55. The standard InChI is InChI=1S/C13H23N3O/c1-4-12(5-2)15(3)8-9-16-10-11(14)6-7-13(16)17/h6-7,10,12H,4-5,8-9,14H2,1-3H3. The molecule has 0 aliphatic rings. The third kappa shape index (κ3) is 3.89. The molecule has 1 heterocycles. The molecule has 2 N–H and O–H groups in total. The van der Waals surface area contributed by atoms with Crippen molar-refractivity contribution in [1.82, 2.24) is 9.47 Å². The van der Waals surface area contributed by atoms with Gasteiger partial charge in [0.05, 0.1) is 0 Å². The zero-order chi connectivity index (χ0) is 12.8. The molecule has 0 aliphatic heterocycles. The van der Waals surface area contributed by atoms with E-state index in [0.717, 1.165) is 19.4 Å². The Bertz CT molecular complexity index is 396. The van der Waals surface area contributed by atoms with Crippen LogP contribution in [0.2, 0.25) is 0 Å². The van der Waals surface area contributed by atoms with E-state index in [9.17, 15) is 4.79 Å². The SMILES string of the molecule is CCC(CC)N(C)CCn1cc(N)ccc1=O. The number of nitrogen functional groups attached to an aromatic ring is 1. The van der Waals surface area contributed by atoms with Crippen LogP contribution in [-0.4, -0.2) is 29.1 Å². The molecular formula is C13H23N3O. The van der Waals surface area contributed by atoms with Gasteiger partial charge in [-0.1, -0.05) is 13.8 Å². The molecule has 0 saturated carbocycles. The Morgan fingerprint density at radius 1 is 1.35 bits per heavy atom. The van der Waals surface area contributed by atoms with Gasteiger partial charge in [0.25, 0.3) is 5.56 Å². The zero-order valence-corrected chi connectivity index (χ0v) is 11.0. The first-order chi connectivity index (χ1) is 8.08. The van der Waals surface area contributed by atoms with Crippen LogP contribution in [0.25, 0.3) is 0 Å². The summed E-state index contributed by atoms with van der Waals surface area (Å²) >= 11 is 0. The second-order valence-electron chi connectivity index (χ2n) is 4.44. The molecule has 0 fully saturated rings. The third-order valence-corrected chi connectivity index (χ3v) is 3.27. The van der Waals surface area contributed by atoms with E-state index in [4.69, 9.17) is 5.73 Å². The average Bonchev–Trinajstić information content (AvgIpc) is 2.32. The lowest BCUT2D eigenvalue weighted by molar-refractivity contribution is 0.221. The van der Waals surface area contributed by atoms with Crippen LogP contribution >= 0.6 is 0 Å². The van der Waals surface area contributed by atoms with Gasteiger partial charge in [0.15, 0.2) is 0 Å². The number of nitrogens with zero attached hydrogens (tertiary/aromatic N) is 2. The molecule has 0 bridgehead atoms. The molecule has 0 spiro atoms. The minimum Gasteiger partial charge on any atom is -0.398 e. The maximum atomic E-state index is 11.6. The molecule has 0 aliphatic carbocycles. The van der Waals surface area contributed by atoms with Gasteiger partial charge in [-0.2, -0.15) is 0 Å². The number of likely N-dealkylation sites (N-methyl/N-ethyl adjacent to an activating group) is 1. The van der Waals surface area contributed by atoms with Gasteiger partial charge >= 0.3 is 0 Å². The fourth-order valence-corrected chi connectivity index (χ4v) is 2.08. The van der Waals surface area contributed by atoms with Crippen LogP contribution in [0.15, 0.2) is 23.1 Å². The fraction of sp³-hybridized carbons (Fsp3) is 0.615. The highest BCUT2D eigenvalue weighted by Gasteiger charge is 2.09. The van der Waals surface area contributed by atoms with E-state index in [1.54, 1.807) is 16.8 Å². The van der Waals surface area contributed by atoms with Crippen LogP contribution in [0.4, 0.5) is 5.69 Å². The highest BCUT2D eigenvalue weighted by Crippen LogP contribution is 2.05. The second kappa shape index (κ2) is 6.45. The number of anilines is 1. The topological polar surface area (TPSA) is 51.3 Å². The van der Waals surface area contributed by atoms with Gasteiger partial charge < -0.3 is 15.2 Å². The van der Waals surface area contributed by atoms with Gasteiger partial charge in [0.1, 0.15) is 0 Å². The van der Waals surface area contributed by atoms with E-state index in [1.807, 2.05) is 0 Å². The van der Waals surface area contributed by atoms with Crippen molar-refractivity contribution in [2.45, 2.75) is 39.3 Å². The lowest BCUT2D eigenvalue weighted by Crippen LogP contribution is -2.35. The Kier molecular flexibility index (Phi) is 5.22. The zero-order valence-electron chi connectivity index (χ0n) is 11.0. The van der Waals surface area contributed by atoms with E-state index in [0.29, 0.717) is 18.3 Å². The molecule has 1 aromatic heterocycles. The van der Waals surface area contributed by atoms with Crippen LogP contribution in [0, 0.1) is 0 Å². The molecule has 1 rings (SSSR count). The summed E-state index contributed by atoms with van der Waals surface area (Å²) in [6.45, 7) is 5.95. The lowest BCUT2D eigenvalue weighted by Gasteiger charge is -2.26. The summed E-state index contributed by atoms with van der Waals surface area (Å²) in [5.41, 5.74) is 6.32. The molecule has 96 valence electrons. The summed E-state index contributed by atoms with van der Waals surface area (Å²) < 4.78 is 1.67. The van der Waals surface area contributed by atoms with Crippen molar-refractivity contribution < 1.29 is 0 Å². The minimum absolute atomic E-state index is 0.0112. The van der Waals surface area contributed by atoms with Crippen LogP contribution in [0.1, 0.15) is 26.7 Å². The molecular weight excluding hydrogens is 214 g/mol. The average molecular weight is 237 g/mol. The molecule has 1 aromatic rings. The summed E-state index contributed by atoms with van der Waals surface area (Å²) in [7, 11) is 2.11. The Hall–Kier alpha value is -1.29. The number of rotatable bonds is 6. The van der Waals surface area contributed by atoms with Crippen molar-refractivity contribution in [3.05, 3.63) is 28.7 Å². The molecule has 0 aromatic carbocycles. The largest absolute Gasteiger partial charge is 0.398 e. The highest BCUT2D eigenvalue weighted by atomic mass is 16.1. The van der Waals surface area contributed by atoms with Crippen LogP contribution < -0.4 is 11.3 Å². The first-order valence-electron chi connectivity index (χ1n) is 6.24. The number of hydrogen-bond acceptors (Lipinski definition) is 3. The smallest absolute Gasteiger partial charge is 0.250 e. The fourth-order valence-electron chi connectivity index (χ4n) is 2.08. The van der Waals surface area contributed by atoms with Crippen LogP contribution in [0.3, 0.4) is 0 Å². The Morgan fingerprint density at radius 3 is 2.59 bits per heavy atom. The summed E-state index contributed by atoms with van der Waals surface area (Å²) in [4.78, 5) is 13.9. The van der Waals surface area contributed by atoms with E-state index in [2.05, 4.69) is 25.8 Å². The molecule has 17 heavy (non-hydrogen) atoms. The van der Waals surface area contributed by atoms with Crippen LogP contribution in [-0.2, 0) is 6.54 Å². The molecule has 4 heteroatoms. The number of nitrogens with two attached hydrogens (primary N) is 1. The van der Waals surface area contributed by atoms with Gasteiger partial charge in [-0.15, -0.1) is 0 Å². The van der Waals surface area contributed by atoms with Crippen molar-refractivity contribution in [2.24, 2.45) is 0 Å². The normalized spacial score (nSPS) is 11.4. The summed E-state index contributed by atoms with van der Waals surface area (Å²) in [6.07, 6.45) is 3.99. The summed E-state index contributed by atoms with van der Waals surface area (Å²) in [5.74, 6) is 0. The van der Waals surface area contributed by atoms with Crippen molar-refractivity contribution >= 4 is 5.69 Å². The van der Waals surface area contributed by atoms with Gasteiger partial charge in [0.2, 0.25) is 0 Å². The number of aromatic nitrogens is 1. The summed E-state index contributed by atoms with van der Waals surface area (Å²) in [5, 5.41) is 0. The van der Waals surface area contributed by atoms with Crippen molar-refractivity contribution in [1.29, 1.82) is 0 Å². The second-order valence-corrected chi connectivity index (χ2v) is 4.44. The quantitative estimate of drug-likeness (QED) is 0.816. The van der Waals surface area contributed by atoms with Gasteiger partial charge in [-0.3, -0.25) is 4.79 Å². The molecule has 4 nitrogen and oxygen atoms in total. The van der Waals surface area contributed by atoms with Gasteiger partial charge in [0, 0.05) is 37.1 Å². The molecule has 0 atom stereocenters. The number of pyridine rings is 1. The van der Waals surface area contributed by atoms with E-state index in [1.165, 1.54) is 6.07 Å². The van der Waals surface area contributed by atoms with Crippen molar-refractivity contribution in [2.75, 3.05) is 19.3 Å². The van der Waals surface area contributed by atoms with E-state index < -0.39 is 0 Å². The Labute approximate surface area is 103 Å². The third-order valence-electron chi connectivity index (χ3n) is 3.27. The van der Waals surface area contributed by atoms with E-state index >= 15 is 0 Å². The predicted molar refractivity (Wildman–Crippen MR) is 72.1 cm³/mol. The maximum Gasteiger partial charge on any atom is 0.250 e. The van der Waals surface area contributed by atoms with E-state index in [-0.39, 0.29) is 5.56 Å².